The second-order valence-electron chi connectivity index (χ2n) is 9.07. The fourth-order valence-electron chi connectivity index (χ4n) is 3.30. The first-order valence-corrected chi connectivity index (χ1v) is 10.5. The molecule has 2 amide bonds. The lowest BCUT2D eigenvalue weighted by molar-refractivity contribution is -0.154. The van der Waals surface area contributed by atoms with Gasteiger partial charge in [0.2, 0.25) is 0 Å². The van der Waals surface area contributed by atoms with Gasteiger partial charge in [-0.2, -0.15) is 0 Å². The summed E-state index contributed by atoms with van der Waals surface area (Å²) in [7, 11) is 0. The van der Waals surface area contributed by atoms with Crippen molar-refractivity contribution in [2.24, 2.45) is 5.92 Å². The van der Waals surface area contributed by atoms with Crippen molar-refractivity contribution < 1.29 is 19.1 Å². The summed E-state index contributed by atoms with van der Waals surface area (Å²) in [6, 6.07) is 6.57. The molecule has 1 aromatic rings. The molecule has 1 heterocycles. The first kappa shape index (κ1) is 22.9. The average Bonchev–Trinajstić information content (AvgIpc) is 2.69. The van der Waals surface area contributed by atoms with Crippen molar-refractivity contribution in [1.29, 1.82) is 0 Å². The van der Waals surface area contributed by atoms with Gasteiger partial charge in [0.25, 0.3) is 11.8 Å². The fraction of sp³-hybridized carbons (Fsp3) is 0.609. The maximum absolute atomic E-state index is 12.6. The van der Waals surface area contributed by atoms with Gasteiger partial charge in [-0.05, 0) is 48.3 Å². The highest BCUT2D eigenvalue weighted by Crippen LogP contribution is 2.22. The van der Waals surface area contributed by atoms with E-state index < -0.39 is 12.0 Å². The Morgan fingerprint density at radius 2 is 1.62 bits per heavy atom. The summed E-state index contributed by atoms with van der Waals surface area (Å²) in [6.07, 6.45) is 3.10. The molecule has 1 saturated heterocycles. The zero-order valence-corrected chi connectivity index (χ0v) is 18.3. The van der Waals surface area contributed by atoms with Gasteiger partial charge in [0.1, 0.15) is 6.04 Å². The van der Waals surface area contributed by atoms with Crippen LogP contribution in [0.25, 0.3) is 0 Å². The summed E-state index contributed by atoms with van der Waals surface area (Å²) < 4.78 is 5.24. The van der Waals surface area contributed by atoms with Crippen LogP contribution in [0, 0.1) is 5.92 Å². The van der Waals surface area contributed by atoms with E-state index >= 15 is 0 Å². The van der Waals surface area contributed by atoms with E-state index in [0.717, 1.165) is 24.8 Å². The van der Waals surface area contributed by atoms with E-state index in [-0.39, 0.29) is 29.8 Å². The molecule has 1 atom stereocenters. The molecule has 2 rings (SSSR count). The molecule has 0 aromatic heterocycles. The predicted molar refractivity (Wildman–Crippen MR) is 113 cm³/mol. The summed E-state index contributed by atoms with van der Waals surface area (Å²) >= 11 is 0. The summed E-state index contributed by atoms with van der Waals surface area (Å²) in [5.74, 6) is -1.25. The van der Waals surface area contributed by atoms with E-state index in [1.165, 1.54) is 0 Å². The van der Waals surface area contributed by atoms with Crippen LogP contribution in [-0.2, 0) is 19.7 Å². The summed E-state index contributed by atoms with van der Waals surface area (Å²) in [5.41, 5.74) is 1.62. The SMILES string of the molecule is CC(C)[C@H](NC(=O)c1ccc(C(C)(C)C)cc1)C(=O)OCC(=O)N1CCCCC1. The molecule has 0 saturated carbocycles. The van der Waals surface area contributed by atoms with Crippen molar-refractivity contribution in [2.45, 2.75) is 65.3 Å². The van der Waals surface area contributed by atoms with E-state index in [0.29, 0.717) is 18.7 Å². The Balaban J connectivity index is 1.95. The van der Waals surface area contributed by atoms with Gasteiger partial charge in [-0.25, -0.2) is 4.79 Å². The number of rotatable bonds is 6. The molecule has 0 aliphatic carbocycles. The third-order valence-corrected chi connectivity index (χ3v) is 5.27. The second-order valence-corrected chi connectivity index (χ2v) is 9.07. The van der Waals surface area contributed by atoms with Crippen LogP contribution in [0.3, 0.4) is 0 Å². The van der Waals surface area contributed by atoms with Gasteiger partial charge in [-0.15, -0.1) is 0 Å². The third-order valence-electron chi connectivity index (χ3n) is 5.27. The Bertz CT molecular complexity index is 713. The number of hydrogen-bond acceptors (Lipinski definition) is 4. The van der Waals surface area contributed by atoms with Gasteiger partial charge < -0.3 is 15.0 Å². The Kier molecular flexibility index (Phi) is 7.82. The number of amides is 2. The zero-order chi connectivity index (χ0) is 21.6. The molecule has 1 N–H and O–H groups in total. The molecular formula is C23H34N2O4. The van der Waals surface area contributed by atoms with Crippen molar-refractivity contribution in [3.8, 4) is 0 Å². The van der Waals surface area contributed by atoms with Gasteiger partial charge in [0.05, 0.1) is 0 Å². The van der Waals surface area contributed by atoms with E-state index in [2.05, 4.69) is 26.1 Å². The van der Waals surface area contributed by atoms with Gasteiger partial charge in [0.15, 0.2) is 6.61 Å². The minimum absolute atomic E-state index is 0.000173. The van der Waals surface area contributed by atoms with Crippen LogP contribution in [0.4, 0.5) is 0 Å². The smallest absolute Gasteiger partial charge is 0.329 e. The van der Waals surface area contributed by atoms with E-state index in [1.54, 1.807) is 17.0 Å². The molecule has 0 unspecified atom stereocenters. The van der Waals surface area contributed by atoms with Gasteiger partial charge in [-0.1, -0.05) is 46.8 Å². The Morgan fingerprint density at radius 3 is 2.14 bits per heavy atom. The molecule has 1 fully saturated rings. The van der Waals surface area contributed by atoms with Crippen LogP contribution in [0.1, 0.15) is 69.8 Å². The minimum Gasteiger partial charge on any atom is -0.454 e. The molecule has 160 valence electrons. The predicted octanol–water partition coefficient (Wildman–Crippen LogP) is 3.29. The standard InChI is InChI=1S/C23H34N2O4/c1-16(2)20(22(28)29-15-19(26)25-13-7-6-8-14-25)24-21(27)17-9-11-18(12-10-17)23(3,4)5/h9-12,16,20H,6-8,13-15H2,1-5H3,(H,24,27)/t20-/m0/s1. The van der Waals surface area contributed by atoms with Crippen LogP contribution in [0.5, 0.6) is 0 Å². The topological polar surface area (TPSA) is 75.7 Å². The molecule has 6 nitrogen and oxygen atoms in total. The lowest BCUT2D eigenvalue weighted by Crippen LogP contribution is -2.46. The van der Waals surface area contributed by atoms with Gasteiger partial charge in [0, 0.05) is 18.7 Å². The minimum atomic E-state index is -0.807. The summed E-state index contributed by atoms with van der Waals surface area (Å²) in [4.78, 5) is 39.1. The van der Waals surface area contributed by atoms with Crippen LogP contribution < -0.4 is 5.32 Å². The lowest BCUT2D eigenvalue weighted by atomic mass is 9.86. The van der Waals surface area contributed by atoms with Gasteiger partial charge >= 0.3 is 5.97 Å². The fourth-order valence-corrected chi connectivity index (χ4v) is 3.30. The summed E-state index contributed by atoms with van der Waals surface area (Å²) in [6.45, 7) is 11.1. The second kappa shape index (κ2) is 9.90. The van der Waals surface area contributed by atoms with E-state index in [4.69, 9.17) is 4.74 Å². The molecule has 6 heteroatoms. The number of esters is 1. The summed E-state index contributed by atoms with van der Waals surface area (Å²) in [5, 5.41) is 2.76. The largest absolute Gasteiger partial charge is 0.454 e. The molecule has 29 heavy (non-hydrogen) atoms. The highest BCUT2D eigenvalue weighted by Gasteiger charge is 2.28. The van der Waals surface area contributed by atoms with Crippen molar-refractivity contribution in [1.82, 2.24) is 10.2 Å². The molecule has 0 radical (unpaired) electrons. The van der Waals surface area contributed by atoms with Crippen molar-refractivity contribution >= 4 is 17.8 Å². The van der Waals surface area contributed by atoms with E-state index in [1.807, 2.05) is 26.0 Å². The van der Waals surface area contributed by atoms with Crippen molar-refractivity contribution in [3.05, 3.63) is 35.4 Å². The molecule has 0 spiro atoms. The maximum atomic E-state index is 12.6. The third kappa shape index (κ3) is 6.58. The van der Waals surface area contributed by atoms with Crippen LogP contribution in [-0.4, -0.2) is 48.4 Å². The van der Waals surface area contributed by atoms with Crippen LogP contribution in [0.2, 0.25) is 0 Å². The van der Waals surface area contributed by atoms with Gasteiger partial charge in [-0.3, -0.25) is 9.59 Å². The Labute approximate surface area is 174 Å². The maximum Gasteiger partial charge on any atom is 0.329 e. The van der Waals surface area contributed by atoms with Crippen LogP contribution >= 0.6 is 0 Å². The molecular weight excluding hydrogens is 368 g/mol. The normalized spacial score (nSPS) is 15.7. The molecule has 1 aromatic carbocycles. The first-order chi connectivity index (χ1) is 13.6. The number of benzene rings is 1. The average molecular weight is 403 g/mol. The monoisotopic (exact) mass is 402 g/mol. The number of carbonyl (C=O) groups is 3. The van der Waals surface area contributed by atoms with Crippen molar-refractivity contribution in [3.63, 3.8) is 0 Å². The molecule has 0 bridgehead atoms. The lowest BCUT2D eigenvalue weighted by Gasteiger charge is -2.27. The Hall–Kier alpha value is -2.37. The first-order valence-electron chi connectivity index (χ1n) is 10.5. The number of ether oxygens (including phenoxy) is 1. The number of likely N-dealkylation sites (tertiary alicyclic amines) is 1. The molecule has 1 aliphatic rings. The molecule has 1 aliphatic heterocycles. The zero-order valence-electron chi connectivity index (χ0n) is 18.3. The van der Waals surface area contributed by atoms with Crippen LogP contribution in [0.15, 0.2) is 24.3 Å². The number of carbonyl (C=O) groups excluding carboxylic acids is 3. The number of hydrogen-bond donors (Lipinski definition) is 1. The number of piperidine rings is 1. The highest BCUT2D eigenvalue weighted by molar-refractivity contribution is 5.97. The van der Waals surface area contributed by atoms with E-state index in [9.17, 15) is 14.4 Å². The Morgan fingerprint density at radius 1 is 1.03 bits per heavy atom. The van der Waals surface area contributed by atoms with Crippen molar-refractivity contribution in [2.75, 3.05) is 19.7 Å². The number of nitrogens with one attached hydrogen (secondary N) is 1. The highest BCUT2D eigenvalue weighted by atomic mass is 16.5. The number of nitrogens with zero attached hydrogens (tertiary/aromatic N) is 1. The quantitative estimate of drug-likeness (QED) is 0.741.